The third kappa shape index (κ3) is 3.33. The second kappa shape index (κ2) is 5.29. The zero-order valence-corrected chi connectivity index (χ0v) is 9.28. The predicted molar refractivity (Wildman–Crippen MR) is 61.7 cm³/mol. The van der Waals surface area contributed by atoms with Crippen molar-refractivity contribution in [3.63, 3.8) is 0 Å². The van der Waals surface area contributed by atoms with Crippen molar-refractivity contribution in [2.24, 2.45) is 0 Å². The normalized spacial score (nSPS) is 26.5. The van der Waals surface area contributed by atoms with Gasteiger partial charge in [0.25, 0.3) is 0 Å². The Kier molecular flexibility index (Phi) is 3.75. The monoisotopic (exact) mass is 205 g/mol. The zero-order valence-electron chi connectivity index (χ0n) is 9.28. The summed E-state index contributed by atoms with van der Waals surface area (Å²) in [6.45, 7) is 4.02. The molecule has 1 N–H and O–H groups in total. The zero-order chi connectivity index (χ0) is 10.5. The summed E-state index contributed by atoms with van der Waals surface area (Å²) in [5, 5.41) is 3.59. The third-order valence-electron chi connectivity index (χ3n) is 2.92. The lowest BCUT2D eigenvalue weighted by Crippen LogP contribution is -2.37. The lowest BCUT2D eigenvalue weighted by atomic mass is 10.0. The maximum Gasteiger partial charge on any atom is 0.0561 e. The molecule has 2 rings (SSSR count). The van der Waals surface area contributed by atoms with Crippen LogP contribution in [0.2, 0.25) is 0 Å². The van der Waals surface area contributed by atoms with E-state index in [0.29, 0.717) is 12.1 Å². The molecule has 1 aromatic carbocycles. The van der Waals surface area contributed by atoms with Crippen molar-refractivity contribution in [1.29, 1.82) is 0 Å². The Balaban J connectivity index is 1.78. The number of nitrogens with one attached hydrogen (secondary N) is 1. The van der Waals surface area contributed by atoms with Gasteiger partial charge in [0.2, 0.25) is 0 Å². The van der Waals surface area contributed by atoms with Crippen molar-refractivity contribution < 1.29 is 4.74 Å². The Morgan fingerprint density at radius 1 is 1.33 bits per heavy atom. The lowest BCUT2D eigenvalue weighted by Gasteiger charge is -2.28. The molecule has 15 heavy (non-hydrogen) atoms. The molecule has 0 bridgehead atoms. The van der Waals surface area contributed by atoms with Gasteiger partial charge in [-0.2, -0.15) is 0 Å². The van der Waals surface area contributed by atoms with Crippen LogP contribution in [0.3, 0.4) is 0 Å². The van der Waals surface area contributed by atoms with Crippen LogP contribution in [0.25, 0.3) is 0 Å². The van der Waals surface area contributed by atoms with E-state index in [0.717, 1.165) is 26.0 Å². The van der Waals surface area contributed by atoms with Crippen LogP contribution in [0.15, 0.2) is 30.3 Å². The minimum absolute atomic E-state index is 0.409. The van der Waals surface area contributed by atoms with Crippen LogP contribution >= 0.6 is 0 Å². The molecule has 1 aliphatic heterocycles. The standard InChI is InChI=1S/C13H19NO/c1-11-9-13(7-8-15-11)14-10-12-5-3-2-4-6-12/h2-6,11,13-14H,7-10H2,1H3. The molecule has 2 atom stereocenters. The van der Waals surface area contributed by atoms with Gasteiger partial charge in [0.15, 0.2) is 0 Å². The molecule has 0 spiro atoms. The van der Waals surface area contributed by atoms with E-state index in [1.54, 1.807) is 0 Å². The molecule has 2 unspecified atom stereocenters. The first-order valence-corrected chi connectivity index (χ1v) is 5.73. The topological polar surface area (TPSA) is 21.3 Å². The predicted octanol–water partition coefficient (Wildman–Crippen LogP) is 2.34. The molecule has 0 aromatic heterocycles. The number of rotatable bonds is 3. The second-order valence-electron chi connectivity index (χ2n) is 4.27. The van der Waals surface area contributed by atoms with Gasteiger partial charge in [0, 0.05) is 19.2 Å². The van der Waals surface area contributed by atoms with Crippen molar-refractivity contribution in [3.8, 4) is 0 Å². The maximum atomic E-state index is 5.52. The fraction of sp³-hybridized carbons (Fsp3) is 0.538. The van der Waals surface area contributed by atoms with Crippen molar-refractivity contribution in [2.45, 2.75) is 38.5 Å². The minimum atomic E-state index is 0.409. The van der Waals surface area contributed by atoms with Gasteiger partial charge in [-0.25, -0.2) is 0 Å². The molecule has 82 valence electrons. The third-order valence-corrected chi connectivity index (χ3v) is 2.92. The van der Waals surface area contributed by atoms with E-state index in [-0.39, 0.29) is 0 Å². The van der Waals surface area contributed by atoms with E-state index in [9.17, 15) is 0 Å². The highest BCUT2D eigenvalue weighted by atomic mass is 16.5. The summed E-state index contributed by atoms with van der Waals surface area (Å²) in [7, 11) is 0. The minimum Gasteiger partial charge on any atom is -0.378 e. The Morgan fingerprint density at radius 3 is 2.87 bits per heavy atom. The van der Waals surface area contributed by atoms with Crippen molar-refractivity contribution in [1.82, 2.24) is 5.32 Å². The van der Waals surface area contributed by atoms with E-state index in [1.807, 2.05) is 0 Å². The Hall–Kier alpha value is -0.860. The summed E-state index contributed by atoms with van der Waals surface area (Å²) in [5.74, 6) is 0. The van der Waals surface area contributed by atoms with Crippen LogP contribution in [-0.2, 0) is 11.3 Å². The number of benzene rings is 1. The largest absolute Gasteiger partial charge is 0.378 e. The number of ether oxygens (including phenoxy) is 1. The van der Waals surface area contributed by atoms with Gasteiger partial charge in [-0.15, -0.1) is 0 Å². The van der Waals surface area contributed by atoms with Crippen molar-refractivity contribution in [2.75, 3.05) is 6.61 Å². The summed E-state index contributed by atoms with van der Waals surface area (Å²) in [6, 6.07) is 11.2. The summed E-state index contributed by atoms with van der Waals surface area (Å²) in [5.41, 5.74) is 1.36. The van der Waals surface area contributed by atoms with Crippen LogP contribution < -0.4 is 5.32 Å². The van der Waals surface area contributed by atoms with Gasteiger partial charge >= 0.3 is 0 Å². The smallest absolute Gasteiger partial charge is 0.0561 e. The van der Waals surface area contributed by atoms with E-state index in [2.05, 4.69) is 42.6 Å². The molecule has 0 saturated carbocycles. The van der Waals surface area contributed by atoms with Gasteiger partial charge in [0.05, 0.1) is 6.10 Å². The van der Waals surface area contributed by atoms with E-state index in [1.165, 1.54) is 5.56 Å². The lowest BCUT2D eigenvalue weighted by molar-refractivity contribution is 0.0130. The van der Waals surface area contributed by atoms with Gasteiger partial charge < -0.3 is 10.1 Å². The van der Waals surface area contributed by atoms with Gasteiger partial charge in [-0.1, -0.05) is 30.3 Å². The average molecular weight is 205 g/mol. The molecule has 1 aromatic rings. The molecule has 0 aliphatic carbocycles. The summed E-state index contributed by atoms with van der Waals surface area (Å²) < 4.78 is 5.52. The fourth-order valence-electron chi connectivity index (χ4n) is 2.04. The van der Waals surface area contributed by atoms with Crippen LogP contribution in [-0.4, -0.2) is 18.8 Å². The van der Waals surface area contributed by atoms with Crippen LogP contribution in [0.5, 0.6) is 0 Å². The van der Waals surface area contributed by atoms with Crippen LogP contribution in [0, 0.1) is 0 Å². The highest BCUT2D eigenvalue weighted by Crippen LogP contribution is 2.13. The molecule has 2 nitrogen and oxygen atoms in total. The van der Waals surface area contributed by atoms with Gasteiger partial charge in [0.1, 0.15) is 0 Å². The Labute approximate surface area is 91.6 Å². The molecule has 2 heteroatoms. The van der Waals surface area contributed by atoms with E-state index in [4.69, 9.17) is 4.74 Å². The first-order chi connectivity index (χ1) is 7.34. The highest BCUT2D eigenvalue weighted by Gasteiger charge is 2.18. The molecular weight excluding hydrogens is 186 g/mol. The molecule has 1 fully saturated rings. The first-order valence-electron chi connectivity index (χ1n) is 5.73. The second-order valence-corrected chi connectivity index (χ2v) is 4.27. The molecule has 1 heterocycles. The highest BCUT2D eigenvalue weighted by molar-refractivity contribution is 5.14. The summed E-state index contributed by atoms with van der Waals surface area (Å²) in [6.07, 6.45) is 2.68. The SMILES string of the molecule is CC1CC(NCc2ccccc2)CCO1. The molecule has 0 radical (unpaired) electrons. The van der Waals surface area contributed by atoms with Gasteiger partial charge in [-0.3, -0.25) is 0 Å². The number of hydrogen-bond donors (Lipinski definition) is 1. The molecule has 1 saturated heterocycles. The van der Waals surface area contributed by atoms with Crippen molar-refractivity contribution >= 4 is 0 Å². The molecular formula is C13H19NO. The maximum absolute atomic E-state index is 5.52. The Morgan fingerprint density at radius 2 is 2.13 bits per heavy atom. The molecule has 1 aliphatic rings. The van der Waals surface area contributed by atoms with E-state index >= 15 is 0 Å². The average Bonchev–Trinajstić information content (AvgIpc) is 2.28. The number of hydrogen-bond acceptors (Lipinski definition) is 2. The summed E-state index contributed by atoms with van der Waals surface area (Å²) >= 11 is 0. The fourth-order valence-corrected chi connectivity index (χ4v) is 2.04. The quantitative estimate of drug-likeness (QED) is 0.818. The van der Waals surface area contributed by atoms with E-state index < -0.39 is 0 Å². The van der Waals surface area contributed by atoms with Crippen LogP contribution in [0.1, 0.15) is 25.3 Å². The summed E-state index contributed by atoms with van der Waals surface area (Å²) in [4.78, 5) is 0. The first kappa shape index (κ1) is 10.7. The molecule has 0 amide bonds. The van der Waals surface area contributed by atoms with Gasteiger partial charge in [-0.05, 0) is 25.3 Å². The van der Waals surface area contributed by atoms with Crippen LogP contribution in [0.4, 0.5) is 0 Å². The Bertz CT molecular complexity index is 286. The van der Waals surface area contributed by atoms with Crippen molar-refractivity contribution in [3.05, 3.63) is 35.9 Å².